The lowest BCUT2D eigenvalue weighted by Gasteiger charge is -2.04. The van der Waals surface area contributed by atoms with E-state index in [1.54, 1.807) is 0 Å². The molecule has 0 saturated heterocycles. The maximum absolute atomic E-state index is 3.49. The molecule has 0 fully saturated rings. The molecule has 0 N–H and O–H groups in total. The zero-order valence-corrected chi connectivity index (χ0v) is 16.2. The molecule has 22 heavy (non-hydrogen) atoms. The molecule has 2 heteroatoms. The van der Waals surface area contributed by atoms with Crippen LogP contribution in [-0.4, -0.2) is 0 Å². The zero-order chi connectivity index (χ0) is 15.6. The van der Waals surface area contributed by atoms with E-state index in [0.29, 0.717) is 0 Å². The number of alkyl halides is 2. The molecule has 0 atom stereocenters. The molecule has 0 aliphatic carbocycles. The smallest absolute Gasteiger partial charge is 0.0283 e. The highest BCUT2D eigenvalue weighted by Crippen LogP contribution is 2.14. The maximum atomic E-state index is 3.49. The maximum Gasteiger partial charge on any atom is 0.0283 e. The summed E-state index contributed by atoms with van der Waals surface area (Å²) in [4.78, 5) is 0. The highest BCUT2D eigenvalue weighted by Gasteiger charge is 1.97. The summed E-state index contributed by atoms with van der Waals surface area (Å²) in [6.45, 7) is 0. The van der Waals surface area contributed by atoms with Crippen molar-refractivity contribution in [1.82, 2.24) is 0 Å². The van der Waals surface area contributed by atoms with E-state index in [0.717, 1.165) is 10.7 Å². The number of hydrogen-bond acceptors (Lipinski definition) is 0. The van der Waals surface area contributed by atoms with Crippen molar-refractivity contribution >= 4 is 31.9 Å². The molecular formula is C20H24Br2. The van der Waals surface area contributed by atoms with Crippen LogP contribution in [0.5, 0.6) is 0 Å². The second kappa shape index (κ2) is 10.2. The third kappa shape index (κ3) is 6.26. The van der Waals surface area contributed by atoms with E-state index < -0.39 is 0 Å². The van der Waals surface area contributed by atoms with Crippen LogP contribution in [0.4, 0.5) is 0 Å². The van der Waals surface area contributed by atoms with Gasteiger partial charge in [0.1, 0.15) is 0 Å². The molecule has 0 aromatic heterocycles. The Labute approximate surface area is 151 Å². The number of halogens is 2. The second-order valence-corrected chi connectivity index (χ2v) is 6.94. The number of benzene rings is 2. The fourth-order valence-electron chi connectivity index (χ4n) is 2.60. The van der Waals surface area contributed by atoms with E-state index in [2.05, 4.69) is 80.4 Å². The van der Waals surface area contributed by atoms with Crippen LogP contribution in [0.25, 0.3) is 0 Å². The quantitative estimate of drug-likeness (QED) is 0.306. The Morgan fingerprint density at radius 3 is 1.09 bits per heavy atom. The topological polar surface area (TPSA) is 0 Å². The van der Waals surface area contributed by atoms with Crippen LogP contribution in [0.3, 0.4) is 0 Å². The Hall–Kier alpha value is -0.600. The van der Waals surface area contributed by atoms with Crippen LogP contribution in [0.1, 0.15) is 47.9 Å². The molecule has 118 valence electrons. The van der Waals surface area contributed by atoms with Crippen LogP contribution in [-0.2, 0) is 23.5 Å². The monoisotopic (exact) mass is 422 g/mol. The van der Waals surface area contributed by atoms with Crippen molar-refractivity contribution in [2.75, 3.05) is 0 Å². The van der Waals surface area contributed by atoms with Crippen molar-refractivity contribution in [1.29, 1.82) is 0 Å². The van der Waals surface area contributed by atoms with Crippen molar-refractivity contribution < 1.29 is 0 Å². The lowest BCUT2D eigenvalue weighted by atomic mass is 10.0. The van der Waals surface area contributed by atoms with E-state index in [9.17, 15) is 0 Å². The number of aryl methyl sites for hydroxylation is 2. The van der Waals surface area contributed by atoms with Crippen molar-refractivity contribution in [3.05, 3.63) is 70.8 Å². The van der Waals surface area contributed by atoms with Crippen LogP contribution in [0.15, 0.2) is 48.5 Å². The molecule has 0 spiro atoms. The third-order valence-electron chi connectivity index (χ3n) is 4.04. The normalized spacial score (nSPS) is 10.8. The Morgan fingerprint density at radius 2 is 0.773 bits per heavy atom. The Kier molecular flexibility index (Phi) is 8.25. The molecule has 0 saturated carbocycles. The van der Waals surface area contributed by atoms with Gasteiger partial charge in [-0.15, -0.1) is 0 Å². The van der Waals surface area contributed by atoms with E-state index in [4.69, 9.17) is 0 Å². The number of rotatable bonds is 9. The van der Waals surface area contributed by atoms with Gasteiger partial charge in [0.15, 0.2) is 0 Å². The van der Waals surface area contributed by atoms with Crippen molar-refractivity contribution in [3.63, 3.8) is 0 Å². The first-order valence-corrected chi connectivity index (χ1v) is 10.3. The number of unbranched alkanes of at least 4 members (excludes halogenated alkanes) is 3. The molecule has 0 bridgehead atoms. The first kappa shape index (κ1) is 17.7. The van der Waals surface area contributed by atoms with Gasteiger partial charge < -0.3 is 0 Å². The molecule has 0 aliphatic heterocycles. The van der Waals surface area contributed by atoms with Gasteiger partial charge in [0, 0.05) is 10.7 Å². The fourth-order valence-corrected chi connectivity index (χ4v) is 3.35. The molecular weight excluding hydrogens is 400 g/mol. The van der Waals surface area contributed by atoms with Crippen LogP contribution in [0, 0.1) is 0 Å². The molecule has 0 aliphatic rings. The van der Waals surface area contributed by atoms with Gasteiger partial charge in [0.05, 0.1) is 0 Å². The summed E-state index contributed by atoms with van der Waals surface area (Å²) in [5.41, 5.74) is 5.65. The molecule has 0 unspecified atom stereocenters. The van der Waals surface area contributed by atoms with E-state index in [1.165, 1.54) is 60.8 Å². The zero-order valence-electron chi connectivity index (χ0n) is 13.0. The molecule has 0 radical (unpaired) electrons. The standard InChI is InChI=1S/C20H24Br2/c21-15-19-11-7-17(8-12-19)5-3-1-2-4-6-18-9-13-20(16-22)14-10-18/h7-14H,1-6,15-16H2. The lowest BCUT2D eigenvalue weighted by molar-refractivity contribution is 0.640. The van der Waals surface area contributed by atoms with Gasteiger partial charge in [-0.1, -0.05) is 93.2 Å². The summed E-state index contributed by atoms with van der Waals surface area (Å²) in [6.07, 6.45) is 7.69. The average molecular weight is 424 g/mol. The summed E-state index contributed by atoms with van der Waals surface area (Å²) < 4.78 is 0. The summed E-state index contributed by atoms with van der Waals surface area (Å²) in [7, 11) is 0. The minimum absolute atomic E-state index is 0.948. The highest BCUT2D eigenvalue weighted by molar-refractivity contribution is 9.08. The molecule has 2 rings (SSSR count). The Balaban J connectivity index is 1.58. The third-order valence-corrected chi connectivity index (χ3v) is 5.33. The highest BCUT2D eigenvalue weighted by atomic mass is 79.9. The fraction of sp³-hybridized carbons (Fsp3) is 0.400. The average Bonchev–Trinajstić information content (AvgIpc) is 2.59. The van der Waals surface area contributed by atoms with Gasteiger partial charge >= 0.3 is 0 Å². The van der Waals surface area contributed by atoms with Gasteiger partial charge in [-0.3, -0.25) is 0 Å². The minimum atomic E-state index is 0.948. The first-order valence-electron chi connectivity index (χ1n) is 8.09. The lowest BCUT2D eigenvalue weighted by Crippen LogP contribution is -1.89. The minimum Gasteiger partial charge on any atom is -0.0876 e. The van der Waals surface area contributed by atoms with Crippen molar-refractivity contribution in [2.24, 2.45) is 0 Å². The number of hydrogen-bond donors (Lipinski definition) is 0. The van der Waals surface area contributed by atoms with Crippen LogP contribution < -0.4 is 0 Å². The first-order chi connectivity index (χ1) is 10.8. The van der Waals surface area contributed by atoms with Crippen molar-refractivity contribution in [2.45, 2.75) is 49.2 Å². The predicted octanol–water partition coefficient (Wildman–Crippen LogP) is 6.82. The van der Waals surface area contributed by atoms with Gasteiger partial charge in [-0.05, 0) is 47.9 Å². The van der Waals surface area contributed by atoms with Gasteiger partial charge in [-0.25, -0.2) is 0 Å². The van der Waals surface area contributed by atoms with E-state index >= 15 is 0 Å². The summed E-state index contributed by atoms with van der Waals surface area (Å²) in [6, 6.07) is 18.0. The largest absolute Gasteiger partial charge is 0.0876 e. The molecule has 2 aromatic carbocycles. The van der Waals surface area contributed by atoms with E-state index in [-0.39, 0.29) is 0 Å². The van der Waals surface area contributed by atoms with Crippen molar-refractivity contribution in [3.8, 4) is 0 Å². The van der Waals surface area contributed by atoms with E-state index in [1.807, 2.05) is 0 Å². The van der Waals surface area contributed by atoms with Crippen LogP contribution in [0.2, 0.25) is 0 Å². The Bertz CT molecular complexity index is 477. The Morgan fingerprint density at radius 1 is 0.455 bits per heavy atom. The molecule has 2 aromatic rings. The molecule has 0 heterocycles. The summed E-state index contributed by atoms with van der Waals surface area (Å²) in [5, 5.41) is 1.90. The molecule has 0 amide bonds. The molecule has 0 nitrogen and oxygen atoms in total. The van der Waals surface area contributed by atoms with Gasteiger partial charge in [0.2, 0.25) is 0 Å². The summed E-state index contributed by atoms with van der Waals surface area (Å²) >= 11 is 6.98. The van der Waals surface area contributed by atoms with Gasteiger partial charge in [-0.2, -0.15) is 0 Å². The van der Waals surface area contributed by atoms with Crippen LogP contribution >= 0.6 is 31.9 Å². The summed E-state index contributed by atoms with van der Waals surface area (Å²) in [5.74, 6) is 0. The SMILES string of the molecule is BrCc1ccc(CCCCCCc2ccc(CBr)cc2)cc1. The predicted molar refractivity (Wildman–Crippen MR) is 104 cm³/mol. The second-order valence-electron chi connectivity index (χ2n) is 5.81. The van der Waals surface area contributed by atoms with Gasteiger partial charge in [0.25, 0.3) is 0 Å².